The summed E-state index contributed by atoms with van der Waals surface area (Å²) in [6.07, 6.45) is 20.9. The summed E-state index contributed by atoms with van der Waals surface area (Å²) in [5.74, 6) is -0.914. The topological polar surface area (TPSA) is 40.1 Å². The fraction of sp³-hybridized carbons (Fsp3) is 0.833. The first-order valence-electron chi connectivity index (χ1n) is 8.62. The van der Waals surface area contributed by atoms with Crippen molar-refractivity contribution in [3.8, 4) is 0 Å². The molecule has 0 saturated heterocycles. The second-order valence-corrected chi connectivity index (χ2v) is 5.71. The van der Waals surface area contributed by atoms with E-state index in [4.69, 9.17) is 0 Å². The van der Waals surface area contributed by atoms with Crippen LogP contribution in [0.4, 0.5) is 0 Å². The van der Waals surface area contributed by atoms with Crippen molar-refractivity contribution in [2.24, 2.45) is 0 Å². The van der Waals surface area contributed by atoms with Gasteiger partial charge in [-0.1, -0.05) is 70.4 Å². The van der Waals surface area contributed by atoms with Crippen molar-refractivity contribution >= 4 is 5.97 Å². The molecule has 0 radical (unpaired) electrons. The molecule has 0 amide bonds. The van der Waals surface area contributed by atoms with Crippen LogP contribution >= 0.6 is 0 Å². The Balaban J connectivity index is 0. The van der Waals surface area contributed by atoms with E-state index < -0.39 is 5.97 Å². The molecule has 0 aromatic heterocycles. The predicted molar refractivity (Wildman–Crippen MR) is 84.5 cm³/mol. The zero-order chi connectivity index (χ0) is 14.9. The van der Waals surface area contributed by atoms with Crippen molar-refractivity contribution in [3.05, 3.63) is 12.2 Å². The Morgan fingerprint density at radius 3 is 1.67 bits per heavy atom. The summed E-state index contributed by atoms with van der Waals surface area (Å²) in [7, 11) is 0. The van der Waals surface area contributed by atoms with Gasteiger partial charge in [0, 0.05) is 5.97 Å². The summed E-state index contributed by atoms with van der Waals surface area (Å²) in [5.41, 5.74) is 0. The number of allylic oxidation sites excluding steroid dienone is 2. The van der Waals surface area contributed by atoms with E-state index in [0.29, 0.717) is 0 Å². The molecule has 0 atom stereocenters. The molecule has 3 heteroatoms. The van der Waals surface area contributed by atoms with Crippen molar-refractivity contribution in [3.63, 3.8) is 0 Å². The molecule has 21 heavy (non-hydrogen) atoms. The minimum Gasteiger partial charge on any atom is -0.550 e. The number of carbonyl (C=O) groups excluding carboxylic acids is 1. The van der Waals surface area contributed by atoms with Crippen LogP contribution < -0.4 is 5.11 Å². The fourth-order valence-electron chi connectivity index (χ4n) is 2.34. The van der Waals surface area contributed by atoms with Crippen LogP contribution in [0.5, 0.6) is 0 Å². The Bertz CT molecular complexity index is 239. The molecule has 0 spiro atoms. The van der Waals surface area contributed by atoms with Gasteiger partial charge in [0.1, 0.15) is 0 Å². The van der Waals surface area contributed by atoms with Crippen LogP contribution in [0.3, 0.4) is 0 Å². The Hall–Kier alpha value is -0.0497. The van der Waals surface area contributed by atoms with Gasteiger partial charge in [0.25, 0.3) is 0 Å². The summed E-state index contributed by atoms with van der Waals surface area (Å²) < 4.78 is 0. The van der Waals surface area contributed by atoms with Crippen molar-refractivity contribution in [2.75, 3.05) is 0 Å². The van der Waals surface area contributed by atoms with E-state index in [0.717, 1.165) is 19.3 Å². The Labute approximate surface area is 147 Å². The molecule has 0 aliphatic heterocycles. The van der Waals surface area contributed by atoms with E-state index >= 15 is 0 Å². The largest absolute Gasteiger partial charge is 1.00 e. The molecular weight excluding hydrogens is 356 g/mol. The fourth-order valence-corrected chi connectivity index (χ4v) is 2.34. The van der Waals surface area contributed by atoms with Crippen LogP contribution in [0.25, 0.3) is 0 Å². The first kappa shape index (κ1) is 23.2. The number of unbranched alkanes of at least 4 members (excludes halogenated alkanes) is 11. The predicted octanol–water partition coefficient (Wildman–Crippen LogP) is 4.77. The maximum atomic E-state index is 10.2. The van der Waals surface area contributed by atoms with E-state index in [2.05, 4.69) is 19.1 Å². The second-order valence-electron chi connectivity index (χ2n) is 5.71. The van der Waals surface area contributed by atoms with Crippen molar-refractivity contribution in [2.45, 2.75) is 96.8 Å². The van der Waals surface area contributed by atoms with E-state index in [1.54, 1.807) is 0 Å². The average molecular weight is 389 g/mol. The zero-order valence-electron chi connectivity index (χ0n) is 13.7. The average Bonchev–Trinajstić information content (AvgIpc) is 2.43. The summed E-state index contributed by atoms with van der Waals surface area (Å²) in [4.78, 5) is 10.2. The summed E-state index contributed by atoms with van der Waals surface area (Å²) in [6.45, 7) is 2.26. The Kier molecular flexibility index (Phi) is 22.1. The maximum absolute atomic E-state index is 10.2. The normalized spacial score (nSPS) is 10.7. The van der Waals surface area contributed by atoms with Crippen molar-refractivity contribution in [1.82, 2.24) is 0 Å². The summed E-state index contributed by atoms with van der Waals surface area (Å²) >= 11 is 0. The smallest absolute Gasteiger partial charge is 0.550 e. The van der Waals surface area contributed by atoms with Gasteiger partial charge >= 0.3 is 22.4 Å². The molecule has 2 nitrogen and oxygen atoms in total. The number of hydrogen-bond donors (Lipinski definition) is 0. The SMILES string of the molecule is CCCCCCCCC=CCCCCCCCC(=O)[O-].[Ag+]. The molecule has 0 unspecified atom stereocenters. The number of carboxylic acid groups (broad SMARTS) is 1. The van der Waals surface area contributed by atoms with Crippen molar-refractivity contribution in [1.29, 1.82) is 0 Å². The number of hydrogen-bond acceptors (Lipinski definition) is 2. The number of rotatable bonds is 15. The molecule has 0 aliphatic carbocycles. The third kappa shape index (κ3) is 22.4. The zero-order valence-corrected chi connectivity index (χ0v) is 15.2. The molecular formula is C18H33AgO2. The standard InChI is InChI=1S/C18H34O2.Ag/c1-2-3-4-5-6-7-8-9-10-11-12-13-14-15-16-17-18(19)20;/h9-10H,2-8,11-17H2,1H3,(H,19,20);/q;+1/p-1. The quantitative estimate of drug-likeness (QED) is 0.230. The first-order valence-corrected chi connectivity index (χ1v) is 8.62. The first-order chi connectivity index (χ1) is 9.77. The molecule has 0 fully saturated rings. The molecule has 0 N–H and O–H groups in total. The minimum absolute atomic E-state index is 0. The van der Waals surface area contributed by atoms with Crippen LogP contribution in [0, 0.1) is 0 Å². The summed E-state index contributed by atoms with van der Waals surface area (Å²) in [6, 6.07) is 0. The molecule has 0 heterocycles. The molecule has 0 bridgehead atoms. The number of carbonyl (C=O) groups is 1. The van der Waals surface area contributed by atoms with Gasteiger partial charge in [-0.3, -0.25) is 0 Å². The van der Waals surface area contributed by atoms with Gasteiger partial charge in [-0.25, -0.2) is 0 Å². The summed E-state index contributed by atoms with van der Waals surface area (Å²) in [5, 5.41) is 10.2. The monoisotopic (exact) mass is 388 g/mol. The molecule has 0 aliphatic rings. The third-order valence-electron chi connectivity index (χ3n) is 3.64. The molecule has 0 aromatic rings. The van der Waals surface area contributed by atoms with Gasteiger partial charge in [-0.15, -0.1) is 0 Å². The number of aliphatic carboxylic acids is 1. The van der Waals surface area contributed by atoms with Crippen LogP contribution in [0.15, 0.2) is 12.2 Å². The van der Waals surface area contributed by atoms with Crippen LogP contribution in [-0.2, 0) is 27.2 Å². The van der Waals surface area contributed by atoms with E-state index in [1.165, 1.54) is 64.2 Å². The Morgan fingerprint density at radius 1 is 0.762 bits per heavy atom. The molecule has 0 saturated carbocycles. The van der Waals surface area contributed by atoms with Gasteiger partial charge in [0.2, 0.25) is 0 Å². The van der Waals surface area contributed by atoms with Gasteiger partial charge in [0.15, 0.2) is 0 Å². The van der Waals surface area contributed by atoms with Gasteiger partial charge in [-0.2, -0.15) is 0 Å². The van der Waals surface area contributed by atoms with E-state index in [1.807, 2.05) is 0 Å². The molecule has 0 rings (SSSR count). The Morgan fingerprint density at radius 2 is 1.19 bits per heavy atom. The van der Waals surface area contributed by atoms with Gasteiger partial charge in [0.05, 0.1) is 0 Å². The minimum atomic E-state index is -0.914. The van der Waals surface area contributed by atoms with E-state index in [-0.39, 0.29) is 28.8 Å². The van der Waals surface area contributed by atoms with Crippen LogP contribution in [0.1, 0.15) is 96.8 Å². The van der Waals surface area contributed by atoms with Crippen LogP contribution in [0.2, 0.25) is 0 Å². The molecule has 0 aromatic carbocycles. The van der Waals surface area contributed by atoms with Crippen LogP contribution in [-0.4, -0.2) is 5.97 Å². The van der Waals surface area contributed by atoms with Crippen molar-refractivity contribution < 1.29 is 32.3 Å². The van der Waals surface area contributed by atoms with E-state index in [9.17, 15) is 9.90 Å². The van der Waals surface area contributed by atoms with Gasteiger partial charge < -0.3 is 9.90 Å². The molecule has 128 valence electrons. The maximum Gasteiger partial charge on any atom is 1.00 e. The second kappa shape index (κ2) is 20.0. The number of carboxylic acids is 1. The third-order valence-corrected chi connectivity index (χ3v) is 3.64. The van der Waals surface area contributed by atoms with Gasteiger partial charge in [-0.05, 0) is 38.5 Å².